The van der Waals surface area contributed by atoms with Crippen LogP contribution in [0.5, 0.6) is 0 Å². The topological polar surface area (TPSA) is 60.2 Å². The summed E-state index contributed by atoms with van der Waals surface area (Å²) in [7, 11) is -3.21. The summed E-state index contributed by atoms with van der Waals surface area (Å²) in [4.78, 5) is 0. The summed E-state index contributed by atoms with van der Waals surface area (Å²) in [5.41, 5.74) is 6.34. The quantitative estimate of drug-likeness (QED) is 0.895. The van der Waals surface area contributed by atoms with E-state index >= 15 is 0 Å². The molecule has 0 aliphatic rings. The predicted octanol–water partition coefficient (Wildman–Crippen LogP) is 2.24. The molecule has 1 atom stereocenters. The van der Waals surface area contributed by atoms with Gasteiger partial charge in [-0.3, -0.25) is 0 Å². The maximum absolute atomic E-state index is 13.3. The van der Waals surface area contributed by atoms with Gasteiger partial charge in [-0.2, -0.15) is 0 Å². The second-order valence-corrected chi connectivity index (χ2v) is 7.24. The maximum atomic E-state index is 13.3. The zero-order valence-electron chi connectivity index (χ0n) is 11.0. The molecule has 18 heavy (non-hydrogen) atoms. The first-order valence-electron chi connectivity index (χ1n) is 5.97. The van der Waals surface area contributed by atoms with Crippen molar-refractivity contribution in [3.63, 3.8) is 0 Å². The number of sulfone groups is 1. The first-order chi connectivity index (χ1) is 8.27. The summed E-state index contributed by atoms with van der Waals surface area (Å²) in [6, 6.07) is 4.30. The first-order valence-corrected chi connectivity index (χ1v) is 7.68. The largest absolute Gasteiger partial charge is 0.326 e. The smallest absolute Gasteiger partial charge is 0.157 e. The van der Waals surface area contributed by atoms with E-state index in [0.29, 0.717) is 11.1 Å². The van der Waals surface area contributed by atoms with Gasteiger partial charge in [0.05, 0.1) is 11.0 Å². The summed E-state index contributed by atoms with van der Waals surface area (Å²) >= 11 is 0. The molecule has 0 fully saturated rings. The van der Waals surface area contributed by atoms with Crippen LogP contribution < -0.4 is 5.73 Å². The van der Waals surface area contributed by atoms with Crippen molar-refractivity contribution in [2.45, 2.75) is 38.3 Å². The van der Waals surface area contributed by atoms with Gasteiger partial charge >= 0.3 is 0 Å². The van der Waals surface area contributed by atoms with E-state index in [9.17, 15) is 12.8 Å². The van der Waals surface area contributed by atoms with Crippen molar-refractivity contribution >= 4 is 9.84 Å². The summed E-state index contributed by atoms with van der Waals surface area (Å²) in [6.07, 6.45) is 0. The molecule has 102 valence electrons. The number of hydrogen-bond donors (Lipinski definition) is 1. The standard InChI is InChI=1S/C13H20FNO2S/c1-9(2)10(3)18(16,17)8-11-4-5-13(14)12(6-11)7-15/h4-6,9-10H,7-8,15H2,1-3H3. The fourth-order valence-electron chi connectivity index (χ4n) is 1.65. The normalized spacial score (nSPS) is 13.9. The Morgan fingerprint density at radius 2 is 1.89 bits per heavy atom. The highest BCUT2D eigenvalue weighted by Gasteiger charge is 2.24. The lowest BCUT2D eigenvalue weighted by Gasteiger charge is -2.16. The van der Waals surface area contributed by atoms with E-state index < -0.39 is 20.9 Å². The molecule has 0 heterocycles. The fraction of sp³-hybridized carbons (Fsp3) is 0.538. The van der Waals surface area contributed by atoms with E-state index in [-0.39, 0.29) is 18.2 Å². The molecule has 3 nitrogen and oxygen atoms in total. The molecule has 0 aromatic heterocycles. The van der Waals surface area contributed by atoms with Gasteiger partial charge in [-0.1, -0.05) is 26.0 Å². The van der Waals surface area contributed by atoms with Crippen molar-refractivity contribution < 1.29 is 12.8 Å². The van der Waals surface area contributed by atoms with Crippen LogP contribution in [0.25, 0.3) is 0 Å². The van der Waals surface area contributed by atoms with Gasteiger partial charge in [0.15, 0.2) is 9.84 Å². The van der Waals surface area contributed by atoms with Crippen LogP contribution in [0.2, 0.25) is 0 Å². The predicted molar refractivity (Wildman–Crippen MR) is 71.2 cm³/mol. The van der Waals surface area contributed by atoms with Crippen LogP contribution in [-0.2, 0) is 22.1 Å². The molecule has 0 amide bonds. The van der Waals surface area contributed by atoms with Gasteiger partial charge in [0.1, 0.15) is 5.82 Å². The second kappa shape index (κ2) is 5.80. The monoisotopic (exact) mass is 273 g/mol. The Morgan fingerprint density at radius 1 is 1.28 bits per heavy atom. The van der Waals surface area contributed by atoms with E-state index in [0.717, 1.165) is 0 Å². The molecule has 0 spiro atoms. The summed E-state index contributed by atoms with van der Waals surface area (Å²) in [6.45, 7) is 5.52. The van der Waals surface area contributed by atoms with Crippen molar-refractivity contribution in [1.29, 1.82) is 0 Å². The Labute approximate surface area is 108 Å². The van der Waals surface area contributed by atoms with E-state index in [2.05, 4.69) is 0 Å². The maximum Gasteiger partial charge on any atom is 0.157 e. The van der Waals surface area contributed by atoms with Gasteiger partial charge in [-0.05, 0) is 24.5 Å². The van der Waals surface area contributed by atoms with Crippen molar-refractivity contribution in [2.75, 3.05) is 0 Å². The van der Waals surface area contributed by atoms with Crippen LogP contribution in [0.4, 0.5) is 4.39 Å². The minimum atomic E-state index is -3.21. The molecule has 0 saturated carbocycles. The highest BCUT2D eigenvalue weighted by atomic mass is 32.2. The average Bonchev–Trinajstić information content (AvgIpc) is 2.30. The Balaban J connectivity index is 2.98. The highest BCUT2D eigenvalue weighted by Crippen LogP contribution is 2.19. The first kappa shape index (κ1) is 15.1. The third-order valence-electron chi connectivity index (χ3n) is 3.20. The van der Waals surface area contributed by atoms with Gasteiger partial charge < -0.3 is 5.73 Å². The van der Waals surface area contributed by atoms with E-state index in [4.69, 9.17) is 5.73 Å². The van der Waals surface area contributed by atoms with Gasteiger partial charge in [0, 0.05) is 12.1 Å². The second-order valence-electron chi connectivity index (χ2n) is 4.89. The molecule has 2 N–H and O–H groups in total. The minimum absolute atomic E-state index is 0.0597. The van der Waals surface area contributed by atoms with Crippen LogP contribution in [-0.4, -0.2) is 13.7 Å². The lowest BCUT2D eigenvalue weighted by molar-refractivity contribution is 0.545. The summed E-state index contributed by atoms with van der Waals surface area (Å²) in [5, 5.41) is -0.413. The number of benzene rings is 1. The van der Waals surface area contributed by atoms with Crippen molar-refractivity contribution in [3.8, 4) is 0 Å². The zero-order valence-corrected chi connectivity index (χ0v) is 11.8. The summed E-state index contributed by atoms with van der Waals surface area (Å²) in [5.74, 6) is -0.403. The Hall–Kier alpha value is -0.940. The van der Waals surface area contributed by atoms with Crippen molar-refractivity contribution in [1.82, 2.24) is 0 Å². The number of rotatable bonds is 5. The van der Waals surface area contributed by atoms with Crippen LogP contribution in [0, 0.1) is 11.7 Å². The Kier molecular flexibility index (Phi) is 4.87. The minimum Gasteiger partial charge on any atom is -0.326 e. The number of nitrogens with two attached hydrogens (primary N) is 1. The van der Waals surface area contributed by atoms with Crippen LogP contribution in [0.1, 0.15) is 31.9 Å². The molecule has 5 heteroatoms. The molecule has 0 saturated heterocycles. The van der Waals surface area contributed by atoms with Crippen LogP contribution in [0.3, 0.4) is 0 Å². The van der Waals surface area contributed by atoms with Crippen molar-refractivity contribution in [3.05, 3.63) is 35.1 Å². The molecule has 1 aromatic carbocycles. The van der Waals surface area contributed by atoms with E-state index in [1.807, 2.05) is 13.8 Å². The zero-order chi connectivity index (χ0) is 13.9. The lowest BCUT2D eigenvalue weighted by atomic mass is 10.1. The molecule has 1 rings (SSSR count). The van der Waals surface area contributed by atoms with Crippen LogP contribution in [0.15, 0.2) is 18.2 Å². The lowest BCUT2D eigenvalue weighted by Crippen LogP contribution is -2.25. The third kappa shape index (κ3) is 3.53. The van der Waals surface area contributed by atoms with Gasteiger partial charge in [-0.15, -0.1) is 0 Å². The number of halogens is 1. The molecular weight excluding hydrogens is 253 g/mol. The highest BCUT2D eigenvalue weighted by molar-refractivity contribution is 7.91. The third-order valence-corrected chi connectivity index (χ3v) is 5.62. The summed E-state index contributed by atoms with van der Waals surface area (Å²) < 4.78 is 37.5. The average molecular weight is 273 g/mol. The number of hydrogen-bond acceptors (Lipinski definition) is 3. The SMILES string of the molecule is CC(C)C(C)S(=O)(=O)Cc1ccc(F)c(CN)c1. The van der Waals surface area contributed by atoms with Crippen LogP contribution >= 0.6 is 0 Å². The molecule has 0 bridgehead atoms. The Bertz CT molecular complexity index is 512. The van der Waals surface area contributed by atoms with Gasteiger partial charge in [0.25, 0.3) is 0 Å². The molecular formula is C13H20FNO2S. The molecule has 0 aliphatic carbocycles. The van der Waals surface area contributed by atoms with Crippen molar-refractivity contribution in [2.24, 2.45) is 11.7 Å². The van der Waals surface area contributed by atoms with Gasteiger partial charge in [-0.25, -0.2) is 12.8 Å². The molecule has 0 aliphatic heterocycles. The molecule has 0 radical (unpaired) electrons. The molecule has 1 unspecified atom stereocenters. The Morgan fingerprint density at radius 3 is 2.39 bits per heavy atom. The van der Waals surface area contributed by atoms with E-state index in [1.165, 1.54) is 18.2 Å². The molecule has 1 aromatic rings. The van der Waals surface area contributed by atoms with E-state index in [1.54, 1.807) is 6.92 Å². The van der Waals surface area contributed by atoms with Gasteiger partial charge in [0.2, 0.25) is 0 Å². The fourth-order valence-corrected chi connectivity index (χ4v) is 3.39.